The van der Waals surface area contributed by atoms with Crippen LogP contribution in [0.2, 0.25) is 0 Å². The molecule has 2 aliphatic carbocycles. The number of halogens is 1. The Kier molecular flexibility index (Phi) is 9.42. The van der Waals surface area contributed by atoms with E-state index in [1.165, 1.54) is 38.3 Å². The van der Waals surface area contributed by atoms with Gasteiger partial charge in [-0.15, -0.1) is 0 Å². The highest BCUT2D eigenvalue weighted by atomic mass is 19.1. The van der Waals surface area contributed by atoms with Gasteiger partial charge < -0.3 is 15.8 Å². The van der Waals surface area contributed by atoms with Crippen LogP contribution in [0.5, 0.6) is 0 Å². The number of hydrogen-bond donors (Lipinski definition) is 2. The molecule has 0 aliphatic heterocycles. The lowest BCUT2D eigenvalue weighted by Gasteiger charge is -2.21. The van der Waals surface area contributed by atoms with Gasteiger partial charge in [0.05, 0.1) is 5.57 Å². The van der Waals surface area contributed by atoms with E-state index in [-0.39, 0.29) is 23.6 Å². The molecule has 0 bridgehead atoms. The van der Waals surface area contributed by atoms with E-state index >= 15 is 0 Å². The predicted octanol–water partition coefficient (Wildman–Crippen LogP) is 4.21. The SMILES string of the molecule is C/C=C\C(=C/N=COC1=C(F)CC=C(CNCC2CCCCC2)C=C1)C(N)=O. The van der Waals surface area contributed by atoms with Gasteiger partial charge in [0.25, 0.3) is 0 Å². The summed E-state index contributed by atoms with van der Waals surface area (Å²) in [6, 6.07) is 0. The highest BCUT2D eigenvalue weighted by Crippen LogP contribution is 2.23. The largest absolute Gasteiger partial charge is 0.443 e. The summed E-state index contributed by atoms with van der Waals surface area (Å²) in [7, 11) is 0. The lowest BCUT2D eigenvalue weighted by Crippen LogP contribution is -2.26. The Bertz CT molecular complexity index is 711. The molecule has 1 amide bonds. The van der Waals surface area contributed by atoms with E-state index in [2.05, 4.69) is 10.3 Å². The number of primary amides is 1. The number of amides is 1. The summed E-state index contributed by atoms with van der Waals surface area (Å²) >= 11 is 0. The third kappa shape index (κ3) is 7.64. The summed E-state index contributed by atoms with van der Waals surface area (Å²) in [6.45, 7) is 3.50. The minimum Gasteiger partial charge on any atom is -0.443 e. The first-order valence-corrected chi connectivity index (χ1v) is 9.87. The second-order valence-corrected chi connectivity index (χ2v) is 7.04. The minimum atomic E-state index is -0.593. The van der Waals surface area contributed by atoms with Crippen LogP contribution in [0.1, 0.15) is 45.4 Å². The number of allylic oxidation sites excluding steroid dienone is 4. The van der Waals surface area contributed by atoms with Crippen molar-refractivity contribution in [2.75, 3.05) is 13.1 Å². The van der Waals surface area contributed by atoms with Gasteiger partial charge in [0.1, 0.15) is 5.83 Å². The number of rotatable bonds is 9. The molecular formula is C22H30FN3O2. The van der Waals surface area contributed by atoms with E-state index in [1.807, 2.05) is 12.2 Å². The van der Waals surface area contributed by atoms with Crippen LogP contribution in [-0.4, -0.2) is 25.4 Å². The molecule has 0 spiro atoms. The summed E-state index contributed by atoms with van der Waals surface area (Å²) in [5, 5.41) is 3.48. The first kappa shape index (κ1) is 21.8. The van der Waals surface area contributed by atoms with E-state index in [9.17, 15) is 9.18 Å². The van der Waals surface area contributed by atoms with Crippen molar-refractivity contribution in [3.8, 4) is 0 Å². The molecule has 3 N–H and O–H groups in total. The third-order valence-corrected chi connectivity index (χ3v) is 4.83. The van der Waals surface area contributed by atoms with Gasteiger partial charge in [-0.25, -0.2) is 9.38 Å². The Balaban J connectivity index is 1.83. The van der Waals surface area contributed by atoms with Crippen LogP contribution in [0.25, 0.3) is 0 Å². The molecule has 0 aromatic rings. The Labute approximate surface area is 166 Å². The fraction of sp³-hybridized carbons (Fsp3) is 0.455. The lowest BCUT2D eigenvalue weighted by atomic mass is 9.89. The molecule has 6 heteroatoms. The van der Waals surface area contributed by atoms with E-state index in [0.717, 1.165) is 31.0 Å². The van der Waals surface area contributed by atoms with E-state index in [0.29, 0.717) is 0 Å². The van der Waals surface area contributed by atoms with E-state index < -0.39 is 5.91 Å². The molecule has 0 aromatic carbocycles. The zero-order valence-electron chi connectivity index (χ0n) is 16.5. The van der Waals surface area contributed by atoms with E-state index in [1.54, 1.807) is 25.2 Å². The third-order valence-electron chi connectivity index (χ3n) is 4.83. The minimum absolute atomic E-state index is 0.113. The molecule has 28 heavy (non-hydrogen) atoms. The number of hydrogen-bond acceptors (Lipinski definition) is 4. The molecule has 0 heterocycles. The number of ether oxygens (including phenoxy) is 1. The quantitative estimate of drug-likeness (QED) is 0.269. The van der Waals surface area contributed by atoms with Crippen molar-refractivity contribution in [3.05, 3.63) is 59.3 Å². The van der Waals surface area contributed by atoms with Gasteiger partial charge >= 0.3 is 0 Å². The molecular weight excluding hydrogens is 357 g/mol. The van der Waals surface area contributed by atoms with Crippen LogP contribution in [0.15, 0.2) is 64.3 Å². The maximum Gasteiger partial charge on any atom is 0.250 e. The zero-order chi connectivity index (χ0) is 20.2. The Morgan fingerprint density at radius 1 is 1.36 bits per heavy atom. The molecule has 0 radical (unpaired) electrons. The average Bonchev–Trinajstić information content (AvgIpc) is 2.87. The summed E-state index contributed by atoms with van der Waals surface area (Å²) in [5.41, 5.74) is 6.50. The topological polar surface area (TPSA) is 76.7 Å². The van der Waals surface area contributed by atoms with Gasteiger partial charge in [-0.1, -0.05) is 43.6 Å². The Morgan fingerprint density at radius 3 is 2.86 bits per heavy atom. The van der Waals surface area contributed by atoms with Crippen LogP contribution in [0.3, 0.4) is 0 Å². The maximum atomic E-state index is 14.2. The highest BCUT2D eigenvalue weighted by Gasteiger charge is 2.13. The summed E-state index contributed by atoms with van der Waals surface area (Å²) in [4.78, 5) is 15.1. The van der Waals surface area contributed by atoms with Gasteiger partial charge in [0.15, 0.2) is 12.2 Å². The average molecular weight is 387 g/mol. The molecule has 5 nitrogen and oxygen atoms in total. The second kappa shape index (κ2) is 12.1. The molecule has 0 saturated heterocycles. The van der Waals surface area contributed by atoms with Crippen LogP contribution in [-0.2, 0) is 9.53 Å². The van der Waals surface area contributed by atoms with Crippen molar-refractivity contribution >= 4 is 12.3 Å². The summed E-state index contributed by atoms with van der Waals surface area (Å²) in [6.07, 6.45) is 17.7. The van der Waals surface area contributed by atoms with Crippen molar-refractivity contribution in [1.82, 2.24) is 5.32 Å². The molecule has 2 aliphatic rings. The van der Waals surface area contributed by atoms with Crippen molar-refractivity contribution in [3.63, 3.8) is 0 Å². The van der Waals surface area contributed by atoms with Crippen LogP contribution >= 0.6 is 0 Å². The Hall–Kier alpha value is -2.47. The standard InChI is InChI=1S/C22H30FN3O2/c1-2-6-19(22(24)27)15-26-16-28-21-12-10-18(9-11-20(21)23)14-25-13-17-7-4-3-5-8-17/h2,6,9-10,12,15-17,25H,3-5,7-8,11,13-14H2,1H3,(H2,24,27)/b6-2-,19-15+,26-16?. The van der Waals surface area contributed by atoms with E-state index in [4.69, 9.17) is 10.5 Å². The predicted molar refractivity (Wildman–Crippen MR) is 111 cm³/mol. The molecule has 1 saturated carbocycles. The van der Waals surface area contributed by atoms with Crippen molar-refractivity contribution in [1.29, 1.82) is 0 Å². The number of carbonyl (C=O) groups excluding carboxylic acids is 1. The maximum absolute atomic E-state index is 14.2. The fourth-order valence-corrected chi connectivity index (χ4v) is 3.27. The van der Waals surface area contributed by atoms with Gasteiger partial charge in [0.2, 0.25) is 5.91 Å². The molecule has 152 valence electrons. The smallest absolute Gasteiger partial charge is 0.250 e. The highest BCUT2D eigenvalue weighted by molar-refractivity contribution is 5.94. The summed E-state index contributed by atoms with van der Waals surface area (Å²) in [5.74, 6) is -0.0839. The van der Waals surface area contributed by atoms with Gasteiger partial charge in [-0.2, -0.15) is 0 Å². The lowest BCUT2D eigenvalue weighted by molar-refractivity contribution is -0.114. The zero-order valence-corrected chi connectivity index (χ0v) is 16.5. The number of nitrogens with zero attached hydrogens (tertiary/aromatic N) is 1. The summed E-state index contributed by atoms with van der Waals surface area (Å²) < 4.78 is 19.5. The number of nitrogens with two attached hydrogens (primary N) is 1. The van der Waals surface area contributed by atoms with Crippen LogP contribution < -0.4 is 11.1 Å². The normalized spacial score (nSPS) is 19.4. The molecule has 2 rings (SSSR count). The first-order valence-electron chi connectivity index (χ1n) is 9.87. The van der Waals surface area contributed by atoms with Gasteiger partial charge in [0, 0.05) is 19.2 Å². The number of nitrogens with one attached hydrogen (secondary N) is 1. The molecule has 0 atom stereocenters. The van der Waals surface area contributed by atoms with Crippen molar-refractivity contribution in [2.24, 2.45) is 16.6 Å². The Morgan fingerprint density at radius 2 is 2.14 bits per heavy atom. The van der Waals surface area contributed by atoms with Crippen molar-refractivity contribution in [2.45, 2.75) is 45.4 Å². The number of aliphatic imine (C=N–C) groups is 1. The van der Waals surface area contributed by atoms with Crippen molar-refractivity contribution < 1.29 is 13.9 Å². The fourth-order valence-electron chi connectivity index (χ4n) is 3.27. The molecule has 1 fully saturated rings. The van der Waals surface area contributed by atoms with Crippen LogP contribution in [0.4, 0.5) is 4.39 Å². The van der Waals surface area contributed by atoms with Gasteiger partial charge in [-0.3, -0.25) is 4.79 Å². The molecule has 0 aromatic heterocycles. The molecule has 0 unspecified atom stereocenters. The monoisotopic (exact) mass is 387 g/mol. The second-order valence-electron chi connectivity index (χ2n) is 7.04. The van der Waals surface area contributed by atoms with Crippen LogP contribution in [0, 0.1) is 5.92 Å². The first-order chi connectivity index (χ1) is 13.6. The number of carbonyl (C=O) groups is 1. The van der Waals surface area contributed by atoms with Gasteiger partial charge in [-0.05, 0) is 43.9 Å².